The lowest BCUT2D eigenvalue weighted by Crippen LogP contribution is -2.51. The Balaban J connectivity index is 2.24. The van der Waals surface area contributed by atoms with Crippen molar-refractivity contribution in [1.29, 1.82) is 0 Å². The van der Waals surface area contributed by atoms with Crippen molar-refractivity contribution < 1.29 is 19.1 Å². The summed E-state index contributed by atoms with van der Waals surface area (Å²) in [5.74, 6) is -0.386. The maximum absolute atomic E-state index is 11.5. The fraction of sp³-hybridized carbons (Fsp3) is 0.727. The van der Waals surface area contributed by atoms with Gasteiger partial charge in [-0.25, -0.2) is 4.79 Å². The molecular weight excluding hydrogens is 238 g/mol. The van der Waals surface area contributed by atoms with Gasteiger partial charge in [-0.3, -0.25) is 9.59 Å². The Labute approximate surface area is 106 Å². The number of ether oxygens (including phenoxy) is 1. The Kier molecular flexibility index (Phi) is 5.41. The van der Waals surface area contributed by atoms with E-state index < -0.39 is 12.0 Å². The maximum Gasteiger partial charge on any atom is 0.325 e. The van der Waals surface area contributed by atoms with E-state index in [2.05, 4.69) is 15.4 Å². The van der Waals surface area contributed by atoms with Crippen molar-refractivity contribution in [3.63, 3.8) is 0 Å². The van der Waals surface area contributed by atoms with E-state index in [1.807, 2.05) is 0 Å². The number of piperidine rings is 1. The number of hydrogen-bond donors (Lipinski definition) is 2. The lowest BCUT2D eigenvalue weighted by Gasteiger charge is -2.30. The molecule has 0 aromatic carbocycles. The number of esters is 1. The summed E-state index contributed by atoms with van der Waals surface area (Å²) in [5.41, 5.74) is 0. The average molecular weight is 257 g/mol. The molecule has 1 atom stereocenters. The van der Waals surface area contributed by atoms with Crippen LogP contribution in [-0.4, -0.2) is 55.6 Å². The topological polar surface area (TPSA) is 87.7 Å². The molecule has 1 fully saturated rings. The van der Waals surface area contributed by atoms with Crippen molar-refractivity contribution in [2.45, 2.75) is 25.8 Å². The highest BCUT2D eigenvalue weighted by molar-refractivity contribution is 5.81. The molecule has 1 aliphatic rings. The number of likely N-dealkylation sites (tertiary alicyclic amines) is 1. The summed E-state index contributed by atoms with van der Waals surface area (Å²) in [5, 5.41) is 5.13. The van der Waals surface area contributed by atoms with Gasteiger partial charge in [0.1, 0.15) is 6.54 Å². The zero-order valence-electron chi connectivity index (χ0n) is 10.7. The van der Waals surface area contributed by atoms with Gasteiger partial charge < -0.3 is 20.3 Å². The van der Waals surface area contributed by atoms with E-state index in [9.17, 15) is 14.4 Å². The van der Waals surface area contributed by atoms with Gasteiger partial charge in [-0.2, -0.15) is 0 Å². The highest BCUT2D eigenvalue weighted by atomic mass is 16.5. The van der Waals surface area contributed by atoms with E-state index in [-0.39, 0.29) is 25.1 Å². The molecule has 0 bridgehead atoms. The maximum atomic E-state index is 11.5. The summed E-state index contributed by atoms with van der Waals surface area (Å²) in [7, 11) is 1.70. The van der Waals surface area contributed by atoms with Crippen molar-refractivity contribution in [1.82, 2.24) is 15.5 Å². The minimum atomic E-state index is -0.469. The van der Waals surface area contributed by atoms with Gasteiger partial charge in [0.05, 0.1) is 6.61 Å². The fourth-order valence-corrected chi connectivity index (χ4v) is 1.73. The van der Waals surface area contributed by atoms with Crippen LogP contribution in [0.25, 0.3) is 0 Å². The summed E-state index contributed by atoms with van der Waals surface area (Å²) in [4.78, 5) is 35.3. The van der Waals surface area contributed by atoms with Gasteiger partial charge >= 0.3 is 12.0 Å². The van der Waals surface area contributed by atoms with Crippen LogP contribution in [-0.2, 0) is 14.3 Å². The number of nitrogens with zero attached hydrogens (tertiary/aromatic N) is 1. The van der Waals surface area contributed by atoms with Crippen molar-refractivity contribution in [2.24, 2.45) is 0 Å². The molecule has 0 aromatic rings. The average Bonchev–Trinajstić information content (AvgIpc) is 2.32. The number of likely N-dealkylation sites (N-methyl/N-ethyl adjacent to an activating group) is 1. The minimum Gasteiger partial charge on any atom is -0.465 e. The van der Waals surface area contributed by atoms with Crippen LogP contribution >= 0.6 is 0 Å². The van der Waals surface area contributed by atoms with E-state index in [1.54, 1.807) is 18.9 Å². The summed E-state index contributed by atoms with van der Waals surface area (Å²) in [6, 6.07) is -0.495. The summed E-state index contributed by atoms with van der Waals surface area (Å²) in [6.45, 7) is 2.33. The molecule has 1 aliphatic heterocycles. The van der Waals surface area contributed by atoms with E-state index in [0.29, 0.717) is 19.4 Å². The Morgan fingerprint density at radius 1 is 1.50 bits per heavy atom. The monoisotopic (exact) mass is 257 g/mol. The Morgan fingerprint density at radius 3 is 2.83 bits per heavy atom. The van der Waals surface area contributed by atoms with Crippen LogP contribution in [0, 0.1) is 0 Å². The van der Waals surface area contributed by atoms with E-state index >= 15 is 0 Å². The number of rotatable bonds is 4. The molecular formula is C11H19N3O4. The van der Waals surface area contributed by atoms with E-state index in [1.165, 1.54) is 0 Å². The number of carbonyl (C=O) groups excluding carboxylic acids is 3. The lowest BCUT2D eigenvalue weighted by molar-refractivity contribution is -0.141. The first-order valence-corrected chi connectivity index (χ1v) is 5.97. The number of nitrogens with one attached hydrogen (secondary N) is 2. The SMILES string of the molecule is CCOC(=O)CNC(=O)NC1CCC(=O)N(C)C1. The highest BCUT2D eigenvalue weighted by Crippen LogP contribution is 2.09. The second-order valence-electron chi connectivity index (χ2n) is 4.14. The van der Waals surface area contributed by atoms with Crippen molar-refractivity contribution in [3.8, 4) is 0 Å². The predicted molar refractivity (Wildman–Crippen MR) is 63.8 cm³/mol. The quantitative estimate of drug-likeness (QED) is 0.663. The number of hydrogen-bond acceptors (Lipinski definition) is 4. The molecule has 0 radical (unpaired) electrons. The number of urea groups is 1. The Bertz CT molecular complexity index is 332. The van der Waals surface area contributed by atoms with Gasteiger partial charge in [0.2, 0.25) is 5.91 Å². The molecule has 1 unspecified atom stereocenters. The summed E-state index contributed by atoms with van der Waals surface area (Å²) in [6.07, 6.45) is 1.05. The van der Waals surface area contributed by atoms with Gasteiger partial charge in [0, 0.05) is 26.1 Å². The predicted octanol–water partition coefficient (Wildman–Crippen LogP) is -0.530. The van der Waals surface area contributed by atoms with Crippen LogP contribution in [0.5, 0.6) is 0 Å². The third-order valence-electron chi connectivity index (χ3n) is 2.66. The third-order valence-corrected chi connectivity index (χ3v) is 2.66. The smallest absolute Gasteiger partial charge is 0.325 e. The van der Waals surface area contributed by atoms with E-state index in [0.717, 1.165) is 0 Å². The summed E-state index contributed by atoms with van der Waals surface area (Å²) < 4.78 is 4.68. The molecule has 102 valence electrons. The number of amides is 3. The molecule has 1 rings (SSSR count). The second kappa shape index (κ2) is 6.83. The first-order valence-electron chi connectivity index (χ1n) is 5.97. The zero-order chi connectivity index (χ0) is 13.5. The molecule has 1 saturated heterocycles. The molecule has 3 amide bonds. The van der Waals surface area contributed by atoms with Crippen molar-refractivity contribution >= 4 is 17.9 Å². The molecule has 2 N–H and O–H groups in total. The molecule has 0 aromatic heterocycles. The van der Waals surface area contributed by atoms with Crippen molar-refractivity contribution in [3.05, 3.63) is 0 Å². The standard InChI is InChI=1S/C11H19N3O4/c1-3-18-10(16)6-12-11(17)13-8-4-5-9(15)14(2)7-8/h8H,3-7H2,1-2H3,(H2,12,13,17). The molecule has 1 heterocycles. The van der Waals surface area contributed by atoms with Crippen LogP contribution in [0.15, 0.2) is 0 Å². The van der Waals surface area contributed by atoms with Gasteiger partial charge in [0.25, 0.3) is 0 Å². The minimum absolute atomic E-state index is 0.0742. The van der Waals surface area contributed by atoms with Crippen molar-refractivity contribution in [2.75, 3.05) is 26.7 Å². The van der Waals surface area contributed by atoms with E-state index in [4.69, 9.17) is 0 Å². The molecule has 18 heavy (non-hydrogen) atoms. The van der Waals surface area contributed by atoms with Crippen LogP contribution in [0.3, 0.4) is 0 Å². The first kappa shape index (κ1) is 14.3. The van der Waals surface area contributed by atoms with Crippen LogP contribution < -0.4 is 10.6 Å². The fourth-order valence-electron chi connectivity index (χ4n) is 1.73. The highest BCUT2D eigenvalue weighted by Gasteiger charge is 2.23. The molecule has 7 nitrogen and oxygen atoms in total. The molecule has 7 heteroatoms. The van der Waals surface area contributed by atoms with Gasteiger partial charge in [0.15, 0.2) is 0 Å². The first-order chi connectivity index (χ1) is 8.52. The molecule has 0 saturated carbocycles. The number of carbonyl (C=O) groups is 3. The largest absolute Gasteiger partial charge is 0.465 e. The second-order valence-corrected chi connectivity index (χ2v) is 4.14. The Morgan fingerprint density at radius 2 is 2.22 bits per heavy atom. The van der Waals surface area contributed by atoms with Crippen LogP contribution in [0.1, 0.15) is 19.8 Å². The normalized spacial score (nSPS) is 19.3. The molecule has 0 aliphatic carbocycles. The van der Waals surface area contributed by atoms with Gasteiger partial charge in [-0.05, 0) is 13.3 Å². The van der Waals surface area contributed by atoms with Crippen LogP contribution in [0.4, 0.5) is 4.79 Å². The zero-order valence-corrected chi connectivity index (χ0v) is 10.7. The third kappa shape index (κ3) is 4.60. The summed E-state index contributed by atoms with van der Waals surface area (Å²) >= 11 is 0. The Hall–Kier alpha value is -1.79. The van der Waals surface area contributed by atoms with Crippen LogP contribution in [0.2, 0.25) is 0 Å². The van der Waals surface area contributed by atoms with Gasteiger partial charge in [-0.1, -0.05) is 0 Å². The van der Waals surface area contributed by atoms with Gasteiger partial charge in [-0.15, -0.1) is 0 Å². The lowest BCUT2D eigenvalue weighted by atomic mass is 10.1. The molecule has 0 spiro atoms.